The van der Waals surface area contributed by atoms with Crippen molar-refractivity contribution in [3.63, 3.8) is 0 Å². The molecule has 0 saturated carbocycles. The Balaban J connectivity index is 2.02. The zero-order valence-electron chi connectivity index (χ0n) is 10.6. The van der Waals surface area contributed by atoms with Gasteiger partial charge in [0.05, 0.1) is 12.0 Å². The molecular formula is C14H20N2O2. The number of aliphatic hydroxyl groups is 1. The van der Waals surface area contributed by atoms with Gasteiger partial charge in [0, 0.05) is 19.1 Å². The average molecular weight is 248 g/mol. The zero-order valence-corrected chi connectivity index (χ0v) is 10.6. The van der Waals surface area contributed by atoms with Crippen LogP contribution in [0.25, 0.3) is 0 Å². The number of rotatable bonds is 3. The molecule has 98 valence electrons. The van der Waals surface area contributed by atoms with E-state index in [0.29, 0.717) is 19.5 Å². The van der Waals surface area contributed by atoms with Gasteiger partial charge in [0.25, 0.3) is 0 Å². The lowest BCUT2D eigenvalue weighted by molar-refractivity contribution is -0.135. The maximum atomic E-state index is 12.2. The van der Waals surface area contributed by atoms with Gasteiger partial charge in [-0.05, 0) is 12.0 Å². The quantitative estimate of drug-likeness (QED) is 0.835. The number of hydrogen-bond acceptors (Lipinski definition) is 3. The number of benzene rings is 1. The fourth-order valence-corrected chi connectivity index (χ4v) is 2.35. The predicted molar refractivity (Wildman–Crippen MR) is 69.7 cm³/mol. The molecule has 2 rings (SSSR count). The molecule has 1 heterocycles. The Morgan fingerprint density at radius 1 is 1.44 bits per heavy atom. The number of aliphatic hydroxyl groups excluding tert-OH is 1. The van der Waals surface area contributed by atoms with E-state index in [0.717, 1.165) is 5.56 Å². The summed E-state index contributed by atoms with van der Waals surface area (Å²) in [6.45, 7) is 2.92. The van der Waals surface area contributed by atoms with Crippen LogP contribution in [0.5, 0.6) is 0 Å². The van der Waals surface area contributed by atoms with Crippen molar-refractivity contribution in [1.29, 1.82) is 0 Å². The molecule has 3 N–H and O–H groups in total. The van der Waals surface area contributed by atoms with Gasteiger partial charge in [-0.15, -0.1) is 0 Å². The minimum Gasteiger partial charge on any atom is -0.391 e. The summed E-state index contributed by atoms with van der Waals surface area (Å²) in [5.41, 5.74) is 7.10. The van der Waals surface area contributed by atoms with E-state index in [1.165, 1.54) is 0 Å². The van der Waals surface area contributed by atoms with Crippen molar-refractivity contribution < 1.29 is 9.90 Å². The Bertz CT molecular complexity index is 408. The molecule has 1 aliphatic heterocycles. The highest BCUT2D eigenvalue weighted by Crippen LogP contribution is 2.22. The fourth-order valence-electron chi connectivity index (χ4n) is 2.35. The average Bonchev–Trinajstić information content (AvgIpc) is 2.84. The molecule has 1 aromatic rings. The molecule has 1 amide bonds. The Labute approximate surface area is 107 Å². The summed E-state index contributed by atoms with van der Waals surface area (Å²) in [7, 11) is 0. The summed E-state index contributed by atoms with van der Waals surface area (Å²) in [4.78, 5) is 13.9. The second-order valence-corrected chi connectivity index (χ2v) is 4.95. The molecule has 3 atom stereocenters. The van der Waals surface area contributed by atoms with E-state index >= 15 is 0 Å². The number of amides is 1. The molecular weight excluding hydrogens is 228 g/mol. The number of likely N-dealkylation sites (tertiary alicyclic amines) is 1. The molecule has 1 fully saturated rings. The third kappa shape index (κ3) is 2.71. The smallest absolute Gasteiger partial charge is 0.227 e. The zero-order chi connectivity index (χ0) is 13.1. The second-order valence-electron chi connectivity index (χ2n) is 4.95. The molecule has 3 unspecified atom stereocenters. The number of nitrogens with zero attached hydrogens (tertiary/aromatic N) is 1. The van der Waals surface area contributed by atoms with Crippen molar-refractivity contribution in [2.75, 3.05) is 13.1 Å². The third-order valence-corrected chi connectivity index (χ3v) is 3.59. The van der Waals surface area contributed by atoms with Crippen molar-refractivity contribution in [1.82, 2.24) is 4.90 Å². The van der Waals surface area contributed by atoms with E-state index in [4.69, 9.17) is 5.73 Å². The Kier molecular flexibility index (Phi) is 3.99. The van der Waals surface area contributed by atoms with Gasteiger partial charge >= 0.3 is 0 Å². The highest BCUT2D eigenvalue weighted by atomic mass is 16.3. The van der Waals surface area contributed by atoms with E-state index in [-0.39, 0.29) is 24.0 Å². The van der Waals surface area contributed by atoms with Crippen LogP contribution < -0.4 is 5.73 Å². The Morgan fingerprint density at radius 3 is 2.67 bits per heavy atom. The van der Waals surface area contributed by atoms with E-state index < -0.39 is 0 Å². The normalized spacial score (nSPS) is 22.8. The van der Waals surface area contributed by atoms with Crippen LogP contribution >= 0.6 is 0 Å². The number of nitrogens with two attached hydrogens (primary N) is 1. The minimum atomic E-state index is -0.380. The third-order valence-electron chi connectivity index (χ3n) is 3.59. The standard InChI is InChI=1S/C14H20N2O2/c1-10(13(15)11-5-3-2-4-6-11)14(18)16-8-7-12(17)9-16/h2-6,10,12-13,17H,7-9,15H2,1H3. The lowest BCUT2D eigenvalue weighted by atomic mass is 9.94. The van der Waals surface area contributed by atoms with Crippen molar-refractivity contribution >= 4 is 5.91 Å². The largest absolute Gasteiger partial charge is 0.391 e. The SMILES string of the molecule is CC(C(=O)N1CCC(O)C1)C(N)c1ccccc1. The van der Waals surface area contributed by atoms with Crippen LogP contribution in [0.2, 0.25) is 0 Å². The maximum absolute atomic E-state index is 12.2. The van der Waals surface area contributed by atoms with Crippen LogP contribution in [0.3, 0.4) is 0 Å². The van der Waals surface area contributed by atoms with Gasteiger partial charge < -0.3 is 15.7 Å². The van der Waals surface area contributed by atoms with Crippen molar-refractivity contribution in [3.05, 3.63) is 35.9 Å². The maximum Gasteiger partial charge on any atom is 0.227 e. The van der Waals surface area contributed by atoms with Gasteiger partial charge in [-0.25, -0.2) is 0 Å². The lowest BCUT2D eigenvalue weighted by Gasteiger charge is -2.25. The van der Waals surface area contributed by atoms with Crippen LogP contribution in [0.1, 0.15) is 24.9 Å². The first-order valence-electron chi connectivity index (χ1n) is 6.37. The predicted octanol–water partition coefficient (Wildman–Crippen LogP) is 0.916. The van der Waals surface area contributed by atoms with Crippen molar-refractivity contribution in [2.24, 2.45) is 11.7 Å². The summed E-state index contributed by atoms with van der Waals surface area (Å²) >= 11 is 0. The summed E-state index contributed by atoms with van der Waals surface area (Å²) in [6, 6.07) is 9.36. The highest BCUT2D eigenvalue weighted by Gasteiger charge is 2.30. The first kappa shape index (κ1) is 13.1. The van der Waals surface area contributed by atoms with Crippen LogP contribution in [-0.4, -0.2) is 35.1 Å². The summed E-state index contributed by atoms with van der Waals surface area (Å²) in [5, 5.41) is 9.46. The molecule has 18 heavy (non-hydrogen) atoms. The van der Waals surface area contributed by atoms with Gasteiger partial charge in [0.15, 0.2) is 0 Å². The van der Waals surface area contributed by atoms with Crippen LogP contribution in [0.4, 0.5) is 0 Å². The van der Waals surface area contributed by atoms with Crippen molar-refractivity contribution in [3.8, 4) is 0 Å². The van der Waals surface area contributed by atoms with E-state index in [1.807, 2.05) is 37.3 Å². The summed E-state index contributed by atoms with van der Waals surface area (Å²) < 4.78 is 0. The van der Waals surface area contributed by atoms with Gasteiger partial charge in [-0.3, -0.25) is 4.79 Å². The van der Waals surface area contributed by atoms with Gasteiger partial charge in [0.1, 0.15) is 0 Å². The monoisotopic (exact) mass is 248 g/mol. The summed E-state index contributed by atoms with van der Waals surface area (Å²) in [6.07, 6.45) is 0.285. The number of hydrogen-bond donors (Lipinski definition) is 2. The molecule has 1 aromatic carbocycles. The highest BCUT2D eigenvalue weighted by molar-refractivity contribution is 5.79. The molecule has 1 aliphatic rings. The first-order valence-corrected chi connectivity index (χ1v) is 6.37. The van der Waals surface area contributed by atoms with Gasteiger partial charge in [-0.1, -0.05) is 37.3 Å². The fraction of sp³-hybridized carbons (Fsp3) is 0.500. The molecule has 1 saturated heterocycles. The molecule has 0 aliphatic carbocycles. The van der Waals surface area contributed by atoms with Crippen LogP contribution in [0.15, 0.2) is 30.3 Å². The molecule has 0 radical (unpaired) electrons. The molecule has 0 spiro atoms. The first-order chi connectivity index (χ1) is 8.59. The van der Waals surface area contributed by atoms with E-state index in [1.54, 1.807) is 4.90 Å². The Hall–Kier alpha value is -1.39. The molecule has 4 heteroatoms. The number of carbonyl (C=O) groups excluding carboxylic acids is 1. The van der Waals surface area contributed by atoms with Crippen LogP contribution in [-0.2, 0) is 4.79 Å². The topological polar surface area (TPSA) is 66.6 Å². The van der Waals surface area contributed by atoms with Gasteiger partial charge in [-0.2, -0.15) is 0 Å². The van der Waals surface area contributed by atoms with Gasteiger partial charge in [0.2, 0.25) is 5.91 Å². The number of carbonyl (C=O) groups is 1. The molecule has 0 aromatic heterocycles. The number of β-amino-alcohol motifs (C(OH)–C–C–N with tert-alkyl or cyclic N) is 1. The lowest BCUT2D eigenvalue weighted by Crippen LogP contribution is -2.38. The minimum absolute atomic E-state index is 0.0305. The molecule has 4 nitrogen and oxygen atoms in total. The van der Waals surface area contributed by atoms with E-state index in [9.17, 15) is 9.90 Å². The van der Waals surface area contributed by atoms with Crippen molar-refractivity contribution in [2.45, 2.75) is 25.5 Å². The Morgan fingerprint density at radius 2 is 2.11 bits per heavy atom. The van der Waals surface area contributed by atoms with E-state index in [2.05, 4.69) is 0 Å². The molecule has 0 bridgehead atoms. The summed E-state index contributed by atoms with van der Waals surface area (Å²) in [5.74, 6) is -0.236. The second kappa shape index (κ2) is 5.50. The van der Waals surface area contributed by atoms with Crippen LogP contribution in [0, 0.1) is 5.92 Å².